The number of aryl methyl sites for hydroxylation is 1. The van der Waals surface area contributed by atoms with Crippen molar-refractivity contribution in [3.8, 4) is 0 Å². The number of hydrogen-bond donors (Lipinski definition) is 2. The summed E-state index contributed by atoms with van der Waals surface area (Å²) in [5, 5.41) is 4.65. The molecule has 0 aromatic carbocycles. The molecular formula is C25H39N5O2. The van der Waals surface area contributed by atoms with Crippen LogP contribution in [0.15, 0.2) is 18.3 Å². The van der Waals surface area contributed by atoms with Crippen molar-refractivity contribution in [2.45, 2.75) is 72.3 Å². The van der Waals surface area contributed by atoms with Crippen LogP contribution in [0.4, 0.5) is 0 Å². The van der Waals surface area contributed by atoms with Gasteiger partial charge in [0.2, 0.25) is 5.91 Å². The van der Waals surface area contributed by atoms with Crippen LogP contribution in [0.25, 0.3) is 17.0 Å². The molecule has 2 aromatic heterocycles. The molecule has 1 fully saturated rings. The summed E-state index contributed by atoms with van der Waals surface area (Å²) in [4.78, 5) is 20.0. The van der Waals surface area contributed by atoms with E-state index in [1.54, 1.807) is 0 Å². The molecule has 3 N–H and O–H groups in total. The highest BCUT2D eigenvalue weighted by atomic mass is 16.5. The Morgan fingerprint density at radius 1 is 1.31 bits per heavy atom. The molecule has 1 amide bonds. The minimum atomic E-state index is 0.0558. The molecule has 3 heterocycles. The Morgan fingerprint density at radius 2 is 2.06 bits per heavy atom. The molecule has 1 aliphatic heterocycles. The average molecular weight is 442 g/mol. The molecule has 0 bridgehead atoms. The summed E-state index contributed by atoms with van der Waals surface area (Å²) in [6, 6.07) is 2.06. The van der Waals surface area contributed by atoms with Crippen LogP contribution in [0.2, 0.25) is 0 Å². The number of carbonyl (C=O) groups is 1. The zero-order valence-corrected chi connectivity index (χ0v) is 20.1. The highest BCUT2D eigenvalue weighted by Crippen LogP contribution is 2.29. The van der Waals surface area contributed by atoms with Crippen molar-refractivity contribution in [1.82, 2.24) is 19.8 Å². The minimum absolute atomic E-state index is 0.0558. The first kappa shape index (κ1) is 24.4. The Bertz CT molecular complexity index is 926. The lowest BCUT2D eigenvalue weighted by atomic mass is 10.1. The number of carbonyl (C=O) groups excluding carboxylic acids is 1. The van der Waals surface area contributed by atoms with Gasteiger partial charge in [-0.1, -0.05) is 13.0 Å². The van der Waals surface area contributed by atoms with Crippen molar-refractivity contribution >= 4 is 22.9 Å². The van der Waals surface area contributed by atoms with Crippen LogP contribution in [0.5, 0.6) is 0 Å². The number of amides is 1. The Balaban J connectivity index is 1.94. The number of unbranched alkanes of at least 4 members (excludes halogenated alkanes) is 1. The van der Waals surface area contributed by atoms with Crippen LogP contribution in [0, 0.1) is 6.92 Å². The quantitative estimate of drug-likeness (QED) is 0.553. The number of hydrogen-bond acceptors (Lipinski definition) is 5. The normalized spacial score (nSPS) is 19.3. The van der Waals surface area contributed by atoms with Crippen LogP contribution in [-0.2, 0) is 22.6 Å². The number of fused-ring (bicyclic) bond motifs is 1. The van der Waals surface area contributed by atoms with E-state index < -0.39 is 0 Å². The molecule has 0 spiro atoms. The van der Waals surface area contributed by atoms with E-state index >= 15 is 0 Å². The van der Waals surface area contributed by atoms with Gasteiger partial charge in [-0.3, -0.25) is 9.78 Å². The second-order valence-electron chi connectivity index (χ2n) is 8.79. The van der Waals surface area contributed by atoms with Gasteiger partial charge < -0.3 is 25.3 Å². The summed E-state index contributed by atoms with van der Waals surface area (Å²) in [6.45, 7) is 12.2. The van der Waals surface area contributed by atoms with Crippen LogP contribution in [-0.4, -0.2) is 58.7 Å². The first-order chi connectivity index (χ1) is 15.5. The van der Waals surface area contributed by atoms with Gasteiger partial charge in [0.1, 0.15) is 6.54 Å². The van der Waals surface area contributed by atoms with Gasteiger partial charge in [0.15, 0.2) is 0 Å². The SMILES string of the molecule is CC/C=C\c1c(C)c2ccnc(CNCCCCN)c2n1CC(=O)N1CC(C)O[C@@H](C)C1. The number of nitrogens with one attached hydrogen (secondary N) is 1. The smallest absolute Gasteiger partial charge is 0.242 e. The van der Waals surface area contributed by atoms with E-state index in [0.29, 0.717) is 32.7 Å². The first-order valence-electron chi connectivity index (χ1n) is 11.9. The molecule has 3 rings (SSSR count). The van der Waals surface area contributed by atoms with Crippen LogP contribution >= 0.6 is 0 Å². The molecule has 32 heavy (non-hydrogen) atoms. The van der Waals surface area contributed by atoms with Gasteiger partial charge in [-0.15, -0.1) is 0 Å². The lowest BCUT2D eigenvalue weighted by molar-refractivity contribution is -0.143. The van der Waals surface area contributed by atoms with E-state index in [-0.39, 0.29) is 18.1 Å². The molecule has 1 aliphatic rings. The predicted octanol–water partition coefficient (Wildman–Crippen LogP) is 3.23. The maximum atomic E-state index is 13.4. The monoisotopic (exact) mass is 441 g/mol. The largest absolute Gasteiger partial charge is 0.372 e. The Labute approximate surface area is 192 Å². The highest BCUT2D eigenvalue weighted by Gasteiger charge is 2.27. The van der Waals surface area contributed by atoms with Gasteiger partial charge in [0.05, 0.1) is 23.4 Å². The molecule has 1 saturated heterocycles. The Hall–Kier alpha value is -2.22. The second-order valence-corrected chi connectivity index (χ2v) is 8.79. The molecule has 7 nitrogen and oxygen atoms in total. The van der Waals surface area contributed by atoms with Gasteiger partial charge in [0.25, 0.3) is 0 Å². The van der Waals surface area contributed by atoms with Crippen molar-refractivity contribution in [2.75, 3.05) is 26.2 Å². The maximum absolute atomic E-state index is 13.4. The van der Waals surface area contributed by atoms with E-state index in [1.807, 2.05) is 24.9 Å². The molecule has 7 heteroatoms. The lowest BCUT2D eigenvalue weighted by Gasteiger charge is -2.35. The lowest BCUT2D eigenvalue weighted by Crippen LogP contribution is -2.49. The molecule has 0 radical (unpaired) electrons. The van der Waals surface area contributed by atoms with Crippen molar-refractivity contribution in [1.29, 1.82) is 0 Å². The Morgan fingerprint density at radius 3 is 2.75 bits per heavy atom. The van der Waals surface area contributed by atoms with E-state index in [2.05, 4.69) is 46.9 Å². The topological polar surface area (TPSA) is 85.4 Å². The van der Waals surface area contributed by atoms with Gasteiger partial charge in [-0.2, -0.15) is 0 Å². The number of rotatable bonds is 10. The minimum Gasteiger partial charge on any atom is -0.372 e. The fourth-order valence-electron chi connectivity index (χ4n) is 4.52. The van der Waals surface area contributed by atoms with Crippen LogP contribution in [0.1, 0.15) is 57.0 Å². The molecule has 1 unspecified atom stereocenters. The predicted molar refractivity (Wildman–Crippen MR) is 130 cm³/mol. The van der Waals surface area contributed by atoms with Gasteiger partial charge in [-0.25, -0.2) is 0 Å². The average Bonchev–Trinajstić information content (AvgIpc) is 3.03. The van der Waals surface area contributed by atoms with Crippen molar-refractivity contribution in [2.24, 2.45) is 5.73 Å². The van der Waals surface area contributed by atoms with E-state index in [9.17, 15) is 4.79 Å². The highest BCUT2D eigenvalue weighted by molar-refractivity contribution is 5.91. The third-order valence-electron chi connectivity index (χ3n) is 6.03. The van der Waals surface area contributed by atoms with Gasteiger partial charge in [-0.05, 0) is 70.8 Å². The molecule has 0 aliphatic carbocycles. The van der Waals surface area contributed by atoms with Crippen LogP contribution in [0.3, 0.4) is 0 Å². The van der Waals surface area contributed by atoms with Crippen molar-refractivity contribution in [3.63, 3.8) is 0 Å². The summed E-state index contributed by atoms with van der Waals surface area (Å²) < 4.78 is 7.98. The third kappa shape index (κ3) is 5.77. The van der Waals surface area contributed by atoms with Crippen molar-refractivity contribution in [3.05, 3.63) is 35.3 Å². The fraction of sp³-hybridized carbons (Fsp3) is 0.600. The molecule has 176 valence electrons. The maximum Gasteiger partial charge on any atom is 0.242 e. The van der Waals surface area contributed by atoms with Gasteiger partial charge in [0, 0.05) is 36.9 Å². The van der Waals surface area contributed by atoms with E-state index in [1.165, 1.54) is 5.56 Å². The zero-order valence-electron chi connectivity index (χ0n) is 20.1. The molecule has 0 saturated carbocycles. The van der Waals surface area contributed by atoms with Crippen molar-refractivity contribution < 1.29 is 9.53 Å². The second kappa shape index (κ2) is 11.6. The van der Waals surface area contributed by atoms with E-state index in [0.717, 1.165) is 48.1 Å². The number of nitrogens with zero attached hydrogens (tertiary/aromatic N) is 3. The standard InChI is InChI=1S/C25H39N5O2/c1-5-6-9-23-20(4)21-10-13-28-22(14-27-12-8-7-11-26)25(21)30(23)17-24(31)29-15-18(2)32-19(3)16-29/h6,9-10,13,18-19,27H,5,7-8,11-12,14-17,26H2,1-4H3/b9-6-/t18-,19?/m0/s1. The van der Waals surface area contributed by atoms with Gasteiger partial charge >= 0.3 is 0 Å². The summed E-state index contributed by atoms with van der Waals surface area (Å²) in [5.74, 6) is 0.126. The summed E-state index contributed by atoms with van der Waals surface area (Å²) >= 11 is 0. The Kier molecular flexibility index (Phi) is 8.84. The summed E-state index contributed by atoms with van der Waals surface area (Å²) in [5.41, 5.74) is 9.91. The number of nitrogens with two attached hydrogens (primary N) is 1. The number of pyridine rings is 1. The van der Waals surface area contributed by atoms with E-state index in [4.69, 9.17) is 10.5 Å². The summed E-state index contributed by atoms with van der Waals surface area (Å²) in [7, 11) is 0. The number of morpholine rings is 1. The number of aromatic nitrogens is 2. The molecular weight excluding hydrogens is 402 g/mol. The summed E-state index contributed by atoms with van der Waals surface area (Å²) in [6.07, 6.45) is 9.28. The zero-order chi connectivity index (χ0) is 23.1. The first-order valence-corrected chi connectivity index (χ1v) is 11.9. The fourth-order valence-corrected chi connectivity index (χ4v) is 4.52. The third-order valence-corrected chi connectivity index (χ3v) is 6.03. The molecule has 2 atom stereocenters. The molecule has 2 aromatic rings. The number of ether oxygens (including phenoxy) is 1. The number of allylic oxidation sites excluding steroid dienone is 1. The van der Waals surface area contributed by atoms with Crippen LogP contribution < -0.4 is 11.1 Å².